The van der Waals surface area contributed by atoms with Gasteiger partial charge in [0.15, 0.2) is 0 Å². The third-order valence-corrected chi connectivity index (χ3v) is 1.51. The standard InChI is InChI=1S/C8H11N3O2/c1-5(8(12)13)11-7-2-6(9)3-10-4-7/h2-5,11H,9H2,1H3,(H,12,13)/t5-/m0/s1. The molecule has 70 valence electrons. The smallest absolute Gasteiger partial charge is 0.325 e. The Morgan fingerprint density at radius 2 is 2.38 bits per heavy atom. The van der Waals surface area contributed by atoms with Crippen LogP contribution in [0.25, 0.3) is 0 Å². The van der Waals surface area contributed by atoms with Crippen LogP contribution in [0, 0.1) is 0 Å². The molecule has 5 heteroatoms. The molecule has 1 aromatic rings. The molecule has 5 nitrogen and oxygen atoms in total. The van der Waals surface area contributed by atoms with Gasteiger partial charge in [0.1, 0.15) is 6.04 Å². The number of nitrogens with one attached hydrogen (secondary N) is 1. The van der Waals surface area contributed by atoms with E-state index in [4.69, 9.17) is 10.8 Å². The summed E-state index contributed by atoms with van der Waals surface area (Å²) in [5, 5.41) is 11.3. The number of carbonyl (C=O) groups is 1. The highest BCUT2D eigenvalue weighted by Gasteiger charge is 2.09. The Hall–Kier alpha value is -1.78. The molecular weight excluding hydrogens is 170 g/mol. The van der Waals surface area contributed by atoms with Gasteiger partial charge in [-0.05, 0) is 13.0 Å². The molecule has 0 fully saturated rings. The van der Waals surface area contributed by atoms with Crippen molar-refractivity contribution < 1.29 is 9.90 Å². The lowest BCUT2D eigenvalue weighted by Gasteiger charge is -2.09. The molecule has 1 rings (SSSR count). The topological polar surface area (TPSA) is 88.2 Å². The summed E-state index contributed by atoms with van der Waals surface area (Å²) in [5.41, 5.74) is 6.57. The second-order valence-corrected chi connectivity index (χ2v) is 2.71. The Kier molecular flexibility index (Phi) is 2.69. The van der Waals surface area contributed by atoms with E-state index in [2.05, 4.69) is 10.3 Å². The van der Waals surface area contributed by atoms with Crippen LogP contribution in [0.3, 0.4) is 0 Å². The summed E-state index contributed by atoms with van der Waals surface area (Å²) >= 11 is 0. The minimum atomic E-state index is -0.914. The SMILES string of the molecule is C[C@H](Nc1cncc(N)c1)C(=O)O. The highest BCUT2D eigenvalue weighted by molar-refractivity contribution is 5.76. The number of nitrogen functional groups attached to an aromatic ring is 1. The number of nitrogens with zero attached hydrogens (tertiary/aromatic N) is 1. The van der Waals surface area contributed by atoms with Crippen molar-refractivity contribution in [3.05, 3.63) is 18.5 Å². The van der Waals surface area contributed by atoms with E-state index in [-0.39, 0.29) is 0 Å². The molecule has 0 amide bonds. The van der Waals surface area contributed by atoms with Crippen LogP contribution in [0.5, 0.6) is 0 Å². The number of hydrogen-bond donors (Lipinski definition) is 3. The zero-order valence-corrected chi connectivity index (χ0v) is 7.19. The summed E-state index contributed by atoms with van der Waals surface area (Å²) in [5.74, 6) is -0.914. The Morgan fingerprint density at radius 3 is 2.92 bits per heavy atom. The van der Waals surface area contributed by atoms with Crippen molar-refractivity contribution in [2.75, 3.05) is 11.1 Å². The van der Waals surface area contributed by atoms with Crippen LogP contribution in [0.15, 0.2) is 18.5 Å². The summed E-state index contributed by atoms with van der Waals surface area (Å²) in [6.07, 6.45) is 3.02. The van der Waals surface area contributed by atoms with E-state index in [0.29, 0.717) is 11.4 Å². The van der Waals surface area contributed by atoms with Gasteiger partial charge in [0.2, 0.25) is 0 Å². The lowest BCUT2D eigenvalue weighted by Crippen LogP contribution is -2.25. The minimum absolute atomic E-state index is 0.502. The maximum absolute atomic E-state index is 10.5. The quantitative estimate of drug-likeness (QED) is 0.633. The van der Waals surface area contributed by atoms with Crippen molar-refractivity contribution >= 4 is 17.3 Å². The molecular formula is C8H11N3O2. The third-order valence-electron chi connectivity index (χ3n) is 1.51. The summed E-state index contributed by atoms with van der Waals surface area (Å²) in [6, 6.07) is 0.982. The highest BCUT2D eigenvalue weighted by atomic mass is 16.4. The normalized spacial score (nSPS) is 12.1. The molecule has 1 aromatic heterocycles. The van der Waals surface area contributed by atoms with E-state index < -0.39 is 12.0 Å². The number of carboxylic acid groups (broad SMARTS) is 1. The predicted molar refractivity (Wildman–Crippen MR) is 49.4 cm³/mol. The molecule has 0 spiro atoms. The highest BCUT2D eigenvalue weighted by Crippen LogP contribution is 2.10. The van der Waals surface area contributed by atoms with Gasteiger partial charge in [-0.1, -0.05) is 0 Å². The molecule has 1 atom stereocenters. The van der Waals surface area contributed by atoms with Crippen LogP contribution in [0.1, 0.15) is 6.92 Å². The largest absolute Gasteiger partial charge is 0.480 e. The number of carboxylic acids is 1. The summed E-state index contributed by atoms with van der Waals surface area (Å²) < 4.78 is 0. The number of nitrogens with two attached hydrogens (primary N) is 1. The van der Waals surface area contributed by atoms with Gasteiger partial charge in [0.25, 0.3) is 0 Å². The minimum Gasteiger partial charge on any atom is -0.480 e. The van der Waals surface area contributed by atoms with E-state index in [1.54, 1.807) is 13.0 Å². The number of pyridine rings is 1. The van der Waals surface area contributed by atoms with Gasteiger partial charge in [-0.3, -0.25) is 9.78 Å². The van der Waals surface area contributed by atoms with Gasteiger partial charge < -0.3 is 16.2 Å². The van der Waals surface area contributed by atoms with Crippen LogP contribution in [-0.2, 0) is 4.79 Å². The number of aliphatic carboxylic acids is 1. The van der Waals surface area contributed by atoms with Crippen LogP contribution < -0.4 is 11.1 Å². The fourth-order valence-corrected chi connectivity index (χ4v) is 0.848. The second kappa shape index (κ2) is 3.75. The number of aromatic nitrogens is 1. The Labute approximate surface area is 75.6 Å². The molecule has 13 heavy (non-hydrogen) atoms. The summed E-state index contributed by atoms with van der Waals surface area (Å²) in [7, 11) is 0. The molecule has 0 aliphatic carbocycles. The third kappa shape index (κ3) is 2.62. The molecule has 0 aliphatic heterocycles. The fourth-order valence-electron chi connectivity index (χ4n) is 0.848. The lowest BCUT2D eigenvalue weighted by molar-refractivity contribution is -0.137. The molecule has 1 heterocycles. The molecule has 0 saturated carbocycles. The van der Waals surface area contributed by atoms with Crippen molar-refractivity contribution in [2.45, 2.75) is 13.0 Å². The lowest BCUT2D eigenvalue weighted by atomic mass is 10.3. The zero-order valence-electron chi connectivity index (χ0n) is 7.19. The van der Waals surface area contributed by atoms with E-state index in [1.165, 1.54) is 12.4 Å². The second-order valence-electron chi connectivity index (χ2n) is 2.71. The van der Waals surface area contributed by atoms with Crippen LogP contribution >= 0.6 is 0 Å². The fraction of sp³-hybridized carbons (Fsp3) is 0.250. The van der Waals surface area contributed by atoms with Crippen molar-refractivity contribution in [1.29, 1.82) is 0 Å². The Morgan fingerprint density at radius 1 is 1.69 bits per heavy atom. The van der Waals surface area contributed by atoms with Gasteiger partial charge in [-0.2, -0.15) is 0 Å². The van der Waals surface area contributed by atoms with Gasteiger partial charge in [0.05, 0.1) is 17.6 Å². The van der Waals surface area contributed by atoms with Crippen molar-refractivity contribution in [1.82, 2.24) is 4.98 Å². The van der Waals surface area contributed by atoms with Crippen LogP contribution in [0.2, 0.25) is 0 Å². The Balaban J connectivity index is 2.69. The molecule has 0 aliphatic rings. The van der Waals surface area contributed by atoms with E-state index in [0.717, 1.165) is 0 Å². The maximum atomic E-state index is 10.5. The molecule has 0 saturated heterocycles. The molecule has 4 N–H and O–H groups in total. The number of rotatable bonds is 3. The Bertz CT molecular complexity index is 314. The molecule has 0 aromatic carbocycles. The van der Waals surface area contributed by atoms with Crippen molar-refractivity contribution in [3.8, 4) is 0 Å². The summed E-state index contributed by atoms with van der Waals surface area (Å²) in [4.78, 5) is 14.3. The van der Waals surface area contributed by atoms with E-state index in [9.17, 15) is 4.79 Å². The maximum Gasteiger partial charge on any atom is 0.325 e. The van der Waals surface area contributed by atoms with Crippen molar-refractivity contribution in [3.63, 3.8) is 0 Å². The van der Waals surface area contributed by atoms with E-state index in [1.807, 2.05) is 0 Å². The first-order valence-corrected chi connectivity index (χ1v) is 3.79. The van der Waals surface area contributed by atoms with Crippen LogP contribution in [-0.4, -0.2) is 22.1 Å². The first kappa shape index (κ1) is 9.31. The van der Waals surface area contributed by atoms with Crippen LogP contribution in [0.4, 0.5) is 11.4 Å². The molecule has 0 unspecified atom stereocenters. The van der Waals surface area contributed by atoms with Gasteiger partial charge in [0, 0.05) is 6.20 Å². The number of hydrogen-bond acceptors (Lipinski definition) is 4. The average Bonchev–Trinajstić information content (AvgIpc) is 2.04. The number of anilines is 2. The predicted octanol–water partition coefficient (Wildman–Crippen LogP) is 0.549. The zero-order chi connectivity index (χ0) is 9.84. The average molecular weight is 181 g/mol. The van der Waals surface area contributed by atoms with Gasteiger partial charge >= 0.3 is 5.97 Å². The van der Waals surface area contributed by atoms with E-state index >= 15 is 0 Å². The summed E-state index contributed by atoms with van der Waals surface area (Å²) in [6.45, 7) is 1.55. The first-order chi connectivity index (χ1) is 6.09. The molecule has 0 bridgehead atoms. The van der Waals surface area contributed by atoms with Gasteiger partial charge in [-0.15, -0.1) is 0 Å². The molecule has 0 radical (unpaired) electrons. The monoisotopic (exact) mass is 181 g/mol. The van der Waals surface area contributed by atoms with Gasteiger partial charge in [-0.25, -0.2) is 0 Å². The first-order valence-electron chi connectivity index (χ1n) is 3.79. The van der Waals surface area contributed by atoms with Crippen molar-refractivity contribution in [2.24, 2.45) is 0 Å².